The van der Waals surface area contributed by atoms with Crippen LogP contribution < -0.4 is 5.73 Å². The van der Waals surface area contributed by atoms with Gasteiger partial charge in [-0.2, -0.15) is 0 Å². The molecule has 0 saturated heterocycles. The molecule has 0 bridgehead atoms. The lowest BCUT2D eigenvalue weighted by Gasteiger charge is -2.20. The van der Waals surface area contributed by atoms with Gasteiger partial charge in [-0.25, -0.2) is 0 Å². The molecule has 0 amide bonds. The molecule has 0 aromatic heterocycles. The van der Waals surface area contributed by atoms with Crippen LogP contribution in [0.2, 0.25) is 5.02 Å². The minimum Gasteiger partial charge on any atom is -0.391 e. The molecule has 2 nitrogen and oxygen atoms in total. The molecule has 2 atom stereocenters. The number of aliphatic hydroxyl groups excluding tert-OH is 1. The Morgan fingerprint density at radius 1 is 1.44 bits per heavy atom. The van der Waals surface area contributed by atoms with Gasteiger partial charge in [-0.3, -0.25) is 0 Å². The molecule has 1 aliphatic rings. The Morgan fingerprint density at radius 3 is 2.62 bits per heavy atom. The van der Waals surface area contributed by atoms with Crippen molar-refractivity contribution in [2.75, 3.05) is 0 Å². The summed E-state index contributed by atoms with van der Waals surface area (Å²) in [4.78, 5) is 0. The number of hydrogen-bond acceptors (Lipinski definition) is 2. The highest BCUT2D eigenvalue weighted by Gasteiger charge is 2.34. The normalized spacial score (nSPS) is 18.8. The molecule has 1 saturated carbocycles. The predicted octanol–water partition coefficient (Wildman–Crippen LogP) is 3.30. The zero-order valence-electron chi connectivity index (χ0n) is 8.57. The maximum absolute atomic E-state index is 9.94. The average Bonchev–Trinajstić information content (AvgIpc) is 3.03. The van der Waals surface area contributed by atoms with Crippen molar-refractivity contribution in [1.82, 2.24) is 0 Å². The van der Waals surface area contributed by atoms with Crippen LogP contribution in [0.15, 0.2) is 22.7 Å². The van der Waals surface area contributed by atoms with Gasteiger partial charge in [0.2, 0.25) is 0 Å². The number of rotatable bonds is 3. The van der Waals surface area contributed by atoms with E-state index in [4.69, 9.17) is 17.3 Å². The lowest BCUT2D eigenvalue weighted by atomic mass is 9.99. The molecule has 90 valence electrons. The maximum Gasteiger partial charge on any atom is 0.0761 e. The van der Waals surface area contributed by atoms with Crippen LogP contribution in [0.4, 0.5) is 0 Å². The molecule has 0 spiro atoms. The summed E-state index contributed by atoms with van der Waals surface area (Å²) in [7, 11) is 0. The third-order valence-corrected chi connectivity index (χ3v) is 3.75. The van der Waals surface area contributed by atoms with E-state index in [0.717, 1.165) is 22.9 Å². The van der Waals surface area contributed by atoms with Gasteiger partial charge in [0.15, 0.2) is 0 Å². The predicted molar refractivity (Wildman–Crippen MR) is 72.1 cm³/mol. The van der Waals surface area contributed by atoms with Gasteiger partial charge in [0.05, 0.1) is 12.1 Å². The number of hydrogen-bond donors (Lipinski definition) is 2. The van der Waals surface area contributed by atoms with Crippen LogP contribution in [0.5, 0.6) is 0 Å². The summed E-state index contributed by atoms with van der Waals surface area (Å²) in [6, 6.07) is 5.11. The first-order valence-electron chi connectivity index (χ1n) is 4.98. The van der Waals surface area contributed by atoms with Crippen LogP contribution in [-0.2, 0) is 0 Å². The topological polar surface area (TPSA) is 46.2 Å². The summed E-state index contributed by atoms with van der Waals surface area (Å²) in [6.45, 7) is 0. The third-order valence-electron chi connectivity index (χ3n) is 2.79. The third kappa shape index (κ3) is 3.11. The van der Waals surface area contributed by atoms with Crippen molar-refractivity contribution in [3.63, 3.8) is 0 Å². The van der Waals surface area contributed by atoms with Crippen LogP contribution in [0.1, 0.15) is 24.4 Å². The second-order valence-electron chi connectivity index (χ2n) is 4.02. The molecule has 0 unspecified atom stereocenters. The highest BCUT2D eigenvalue weighted by Crippen LogP contribution is 2.38. The monoisotopic (exact) mass is 325 g/mol. The first-order valence-corrected chi connectivity index (χ1v) is 6.15. The van der Waals surface area contributed by atoms with E-state index in [1.807, 2.05) is 12.1 Å². The van der Waals surface area contributed by atoms with E-state index in [0.29, 0.717) is 10.9 Å². The molecule has 1 aliphatic carbocycles. The molecule has 1 aromatic carbocycles. The molecule has 2 rings (SSSR count). The second kappa shape index (κ2) is 5.69. The molecule has 5 heteroatoms. The molecule has 16 heavy (non-hydrogen) atoms. The van der Waals surface area contributed by atoms with Crippen LogP contribution in [0, 0.1) is 5.92 Å². The summed E-state index contributed by atoms with van der Waals surface area (Å²) < 4.78 is 0.902. The molecular formula is C11H14BrCl2NO. The number of aliphatic hydroxyl groups is 1. The van der Waals surface area contributed by atoms with Crippen molar-refractivity contribution in [3.8, 4) is 0 Å². The standard InChI is InChI=1S/C11H13BrClNO.ClH/c12-9-4-3-7(13)5-8(9)10(14)11(15)6-1-2-6;/h3-6,10-11,15H,1-2,14H2;1H/t10-,11+;/m1./s1. The highest BCUT2D eigenvalue weighted by molar-refractivity contribution is 9.10. The number of benzene rings is 1. The Balaban J connectivity index is 0.00000128. The zero-order valence-corrected chi connectivity index (χ0v) is 11.7. The molecule has 0 aliphatic heterocycles. The van der Waals surface area contributed by atoms with Gasteiger partial charge in [-0.15, -0.1) is 12.4 Å². The molecule has 1 aromatic rings. The van der Waals surface area contributed by atoms with Crippen molar-refractivity contribution in [2.45, 2.75) is 25.0 Å². The Morgan fingerprint density at radius 2 is 2.06 bits per heavy atom. The van der Waals surface area contributed by atoms with E-state index in [9.17, 15) is 5.11 Å². The quantitative estimate of drug-likeness (QED) is 0.895. The van der Waals surface area contributed by atoms with Crippen LogP contribution >= 0.6 is 39.9 Å². The van der Waals surface area contributed by atoms with Crippen molar-refractivity contribution in [1.29, 1.82) is 0 Å². The van der Waals surface area contributed by atoms with Gasteiger partial charge in [-0.1, -0.05) is 27.5 Å². The fourth-order valence-corrected chi connectivity index (χ4v) is 2.38. The van der Waals surface area contributed by atoms with Crippen molar-refractivity contribution >= 4 is 39.9 Å². The summed E-state index contributed by atoms with van der Waals surface area (Å²) in [5, 5.41) is 10.6. The van der Waals surface area contributed by atoms with Gasteiger partial charge in [0.25, 0.3) is 0 Å². The van der Waals surface area contributed by atoms with Crippen molar-refractivity contribution in [3.05, 3.63) is 33.3 Å². The molecule has 3 N–H and O–H groups in total. The molecular weight excluding hydrogens is 313 g/mol. The van der Waals surface area contributed by atoms with Gasteiger partial charge in [0, 0.05) is 9.50 Å². The summed E-state index contributed by atoms with van der Waals surface area (Å²) in [6.07, 6.45) is 1.69. The van der Waals surface area contributed by atoms with E-state index in [1.165, 1.54) is 0 Å². The van der Waals surface area contributed by atoms with Crippen molar-refractivity contribution in [2.24, 2.45) is 11.7 Å². The Bertz CT molecular complexity index is 371. The minimum atomic E-state index is -0.459. The number of halogens is 3. The fourth-order valence-electron chi connectivity index (χ4n) is 1.68. The Hall–Kier alpha value is 0.200. The van der Waals surface area contributed by atoms with Gasteiger partial charge >= 0.3 is 0 Å². The lowest BCUT2D eigenvalue weighted by molar-refractivity contribution is 0.122. The van der Waals surface area contributed by atoms with E-state index < -0.39 is 6.10 Å². The molecule has 1 fully saturated rings. The second-order valence-corrected chi connectivity index (χ2v) is 5.31. The number of nitrogens with two attached hydrogens (primary N) is 1. The lowest BCUT2D eigenvalue weighted by Crippen LogP contribution is -2.28. The van der Waals surface area contributed by atoms with Crippen LogP contribution in [0.25, 0.3) is 0 Å². The molecule has 0 heterocycles. The van der Waals surface area contributed by atoms with Crippen LogP contribution in [0.3, 0.4) is 0 Å². The summed E-state index contributed by atoms with van der Waals surface area (Å²) >= 11 is 9.32. The van der Waals surface area contributed by atoms with Gasteiger partial charge in [-0.05, 0) is 42.5 Å². The van der Waals surface area contributed by atoms with Gasteiger partial charge in [0.1, 0.15) is 0 Å². The molecule has 0 radical (unpaired) electrons. The SMILES string of the molecule is Cl.N[C@H](c1cc(Cl)ccc1Br)[C@@H](O)C1CC1. The van der Waals surface area contributed by atoms with Crippen molar-refractivity contribution < 1.29 is 5.11 Å². The first-order chi connectivity index (χ1) is 7.09. The van der Waals surface area contributed by atoms with E-state index in [-0.39, 0.29) is 18.4 Å². The largest absolute Gasteiger partial charge is 0.391 e. The van der Waals surface area contributed by atoms with E-state index in [1.54, 1.807) is 6.07 Å². The Labute approximate surface area is 115 Å². The van der Waals surface area contributed by atoms with E-state index >= 15 is 0 Å². The van der Waals surface area contributed by atoms with E-state index in [2.05, 4.69) is 15.9 Å². The van der Waals surface area contributed by atoms with Gasteiger partial charge < -0.3 is 10.8 Å². The highest BCUT2D eigenvalue weighted by atomic mass is 79.9. The summed E-state index contributed by atoms with van der Waals surface area (Å²) in [5.74, 6) is 0.367. The minimum absolute atomic E-state index is 0. The average molecular weight is 327 g/mol. The smallest absolute Gasteiger partial charge is 0.0761 e. The summed E-state index contributed by atoms with van der Waals surface area (Å²) in [5.41, 5.74) is 6.89. The maximum atomic E-state index is 9.94. The fraction of sp³-hybridized carbons (Fsp3) is 0.455. The zero-order chi connectivity index (χ0) is 11.0. The Kier molecular flexibility index (Phi) is 5.08. The first kappa shape index (κ1) is 14.3. The van der Waals surface area contributed by atoms with Crippen LogP contribution in [-0.4, -0.2) is 11.2 Å².